The van der Waals surface area contributed by atoms with Crippen LogP contribution in [0.15, 0.2) is 48.5 Å². The maximum Gasteiger partial charge on any atom is 0.237 e. The summed E-state index contributed by atoms with van der Waals surface area (Å²) < 4.78 is 11.5. The van der Waals surface area contributed by atoms with Gasteiger partial charge in [0.25, 0.3) is 0 Å². The van der Waals surface area contributed by atoms with Crippen molar-refractivity contribution in [3.8, 4) is 5.75 Å². The molecule has 2 aliphatic heterocycles. The average molecular weight is 705 g/mol. The first kappa shape index (κ1) is 37.7. The summed E-state index contributed by atoms with van der Waals surface area (Å²) in [7, 11) is 0. The summed E-state index contributed by atoms with van der Waals surface area (Å²) in [6.07, 6.45) is 5.22. The first-order chi connectivity index (χ1) is 24.5. The summed E-state index contributed by atoms with van der Waals surface area (Å²) in [6.45, 7) is 11.9. The van der Waals surface area contributed by atoms with Gasteiger partial charge in [0.1, 0.15) is 12.4 Å². The number of β-amino-alcohol motifs (C(OH)–C–C–N with tert-alkyl or cyclic N) is 1. The number of amides is 2. The molecule has 3 fully saturated rings. The van der Waals surface area contributed by atoms with Crippen LogP contribution in [0.5, 0.6) is 5.75 Å². The molecule has 2 aromatic carbocycles. The zero-order valence-corrected chi connectivity index (χ0v) is 30.9. The number of aliphatic hydroxyl groups excluding tert-OH is 2. The van der Waals surface area contributed by atoms with Crippen molar-refractivity contribution in [1.82, 2.24) is 20.4 Å². The van der Waals surface area contributed by atoms with Crippen LogP contribution in [0.25, 0.3) is 0 Å². The Balaban J connectivity index is 1.14. The number of rotatable bonds is 13. The van der Waals surface area contributed by atoms with Gasteiger partial charge in [0, 0.05) is 50.6 Å². The van der Waals surface area contributed by atoms with E-state index in [1.165, 1.54) is 12.8 Å². The standard InChI is InChI=1S/C41H60N4O6/c1-41(2,3)43-40(49)36-24-29-8-4-5-10-31(29)26-45(36)27-33(46)23-32(39(48)42-38-35-11-7-6-9-30(35)25-37(38)47)22-28-12-14-34(15-13-28)51-21-18-44-16-19-50-20-17-44/h6-7,9,11-15,29,31-33,36-38,46-47H,4-5,8,10,16-27H2,1-3H3,(H,42,48)(H,43,49)/t29-,31+,32+,33-,36-,37+,38-/m0/s1. The second-order valence-corrected chi connectivity index (χ2v) is 16.4. The van der Waals surface area contributed by atoms with Gasteiger partial charge in [-0.1, -0.05) is 55.7 Å². The fraction of sp³-hybridized carbons (Fsp3) is 0.659. The molecule has 51 heavy (non-hydrogen) atoms. The van der Waals surface area contributed by atoms with Crippen molar-refractivity contribution >= 4 is 11.8 Å². The molecule has 4 N–H and O–H groups in total. The Kier molecular flexibility index (Phi) is 12.7. The molecule has 10 heteroatoms. The van der Waals surface area contributed by atoms with Crippen molar-refractivity contribution in [2.45, 2.75) is 102 Å². The number of piperidine rings is 1. The van der Waals surface area contributed by atoms with Crippen molar-refractivity contribution < 1.29 is 29.3 Å². The van der Waals surface area contributed by atoms with Crippen molar-refractivity contribution in [2.75, 3.05) is 52.5 Å². The predicted octanol–water partition coefficient (Wildman–Crippen LogP) is 3.88. The predicted molar refractivity (Wildman–Crippen MR) is 197 cm³/mol. The van der Waals surface area contributed by atoms with E-state index in [2.05, 4.69) is 20.4 Å². The molecule has 6 rings (SSSR count). The second-order valence-electron chi connectivity index (χ2n) is 16.4. The zero-order chi connectivity index (χ0) is 36.0. The molecule has 4 aliphatic rings. The van der Waals surface area contributed by atoms with E-state index in [1.54, 1.807) is 0 Å². The Labute approximate surface area is 304 Å². The highest BCUT2D eigenvalue weighted by Crippen LogP contribution is 2.39. The first-order valence-corrected chi connectivity index (χ1v) is 19.3. The third-order valence-corrected chi connectivity index (χ3v) is 11.4. The number of aliphatic hydroxyl groups is 2. The van der Waals surface area contributed by atoms with Gasteiger partial charge in [0.05, 0.1) is 37.5 Å². The maximum atomic E-state index is 14.1. The van der Waals surface area contributed by atoms with Crippen LogP contribution in [0.1, 0.15) is 82.0 Å². The number of carbonyl (C=O) groups is 2. The molecule has 0 spiro atoms. The number of benzene rings is 2. The molecule has 280 valence electrons. The number of ether oxygens (including phenoxy) is 2. The first-order valence-electron chi connectivity index (χ1n) is 19.3. The van der Waals surface area contributed by atoms with Gasteiger partial charge in [0.2, 0.25) is 11.8 Å². The Bertz CT molecular complexity index is 1440. The quantitative estimate of drug-likeness (QED) is 0.248. The third-order valence-electron chi connectivity index (χ3n) is 11.4. The monoisotopic (exact) mass is 704 g/mol. The maximum absolute atomic E-state index is 14.1. The second kappa shape index (κ2) is 17.2. The van der Waals surface area contributed by atoms with Gasteiger partial charge in [-0.25, -0.2) is 0 Å². The van der Waals surface area contributed by atoms with Gasteiger partial charge in [-0.3, -0.25) is 19.4 Å². The van der Waals surface area contributed by atoms with Crippen LogP contribution in [-0.4, -0.2) is 108 Å². The fourth-order valence-corrected chi connectivity index (χ4v) is 8.73. The van der Waals surface area contributed by atoms with Gasteiger partial charge in [-0.15, -0.1) is 0 Å². The highest BCUT2D eigenvalue weighted by atomic mass is 16.5. The number of nitrogens with zero attached hydrogens (tertiary/aromatic N) is 2. The summed E-state index contributed by atoms with van der Waals surface area (Å²) in [5.74, 6) is 1.14. The van der Waals surface area contributed by atoms with Crippen LogP contribution in [0, 0.1) is 17.8 Å². The molecule has 0 unspecified atom stereocenters. The van der Waals surface area contributed by atoms with E-state index < -0.39 is 24.2 Å². The third kappa shape index (κ3) is 10.3. The van der Waals surface area contributed by atoms with Crippen LogP contribution in [0.4, 0.5) is 0 Å². The van der Waals surface area contributed by atoms with Crippen LogP contribution in [-0.2, 0) is 27.2 Å². The van der Waals surface area contributed by atoms with E-state index in [0.717, 1.165) is 81.1 Å². The van der Waals surface area contributed by atoms with Gasteiger partial charge >= 0.3 is 0 Å². The number of hydrogen-bond acceptors (Lipinski definition) is 8. The van der Waals surface area contributed by atoms with E-state index in [-0.39, 0.29) is 29.8 Å². The minimum Gasteiger partial charge on any atom is -0.492 e. The molecule has 2 heterocycles. The van der Waals surface area contributed by atoms with E-state index in [0.29, 0.717) is 37.8 Å². The molecular formula is C41H60N4O6. The van der Waals surface area contributed by atoms with E-state index in [1.807, 2.05) is 69.3 Å². The van der Waals surface area contributed by atoms with Crippen molar-refractivity contribution in [3.63, 3.8) is 0 Å². The summed E-state index contributed by atoms with van der Waals surface area (Å²) in [6, 6.07) is 15.0. The van der Waals surface area contributed by atoms with Gasteiger partial charge in [-0.2, -0.15) is 0 Å². The normalized spacial score (nSPS) is 26.8. The Morgan fingerprint density at radius 2 is 1.75 bits per heavy atom. The molecule has 2 saturated heterocycles. The number of fused-ring (bicyclic) bond motifs is 2. The van der Waals surface area contributed by atoms with Crippen molar-refractivity contribution in [3.05, 3.63) is 65.2 Å². The largest absolute Gasteiger partial charge is 0.492 e. The summed E-state index contributed by atoms with van der Waals surface area (Å²) >= 11 is 0. The van der Waals surface area contributed by atoms with Crippen LogP contribution >= 0.6 is 0 Å². The lowest BCUT2D eigenvalue weighted by molar-refractivity contribution is -0.133. The van der Waals surface area contributed by atoms with Crippen LogP contribution in [0.3, 0.4) is 0 Å². The average Bonchev–Trinajstić information content (AvgIpc) is 3.42. The summed E-state index contributed by atoms with van der Waals surface area (Å²) in [4.78, 5) is 32.2. The lowest BCUT2D eigenvalue weighted by Gasteiger charge is -2.46. The summed E-state index contributed by atoms with van der Waals surface area (Å²) in [5, 5.41) is 29.0. The fourth-order valence-electron chi connectivity index (χ4n) is 8.73. The number of nitrogens with one attached hydrogen (secondary N) is 2. The van der Waals surface area contributed by atoms with Crippen molar-refractivity contribution in [1.29, 1.82) is 0 Å². The van der Waals surface area contributed by atoms with E-state index in [4.69, 9.17) is 9.47 Å². The number of carbonyl (C=O) groups excluding carboxylic acids is 2. The molecule has 0 radical (unpaired) electrons. The number of likely N-dealkylation sites (tertiary alicyclic amines) is 1. The highest BCUT2D eigenvalue weighted by Gasteiger charge is 2.41. The molecule has 0 bridgehead atoms. The Morgan fingerprint density at radius 1 is 1.02 bits per heavy atom. The SMILES string of the molecule is CC(C)(C)NC(=O)[C@@H]1C[C@@H]2CCCC[C@@H]2CN1C[C@@H](O)C[C@@H](Cc1ccc(OCCN2CCOCC2)cc1)C(=O)N[C@H]1c2ccccc2C[C@H]1O. The lowest BCUT2D eigenvalue weighted by Crippen LogP contribution is -2.58. The molecule has 10 nitrogen and oxygen atoms in total. The minimum atomic E-state index is -0.811. The number of hydrogen-bond donors (Lipinski definition) is 4. The lowest BCUT2D eigenvalue weighted by atomic mass is 9.72. The molecule has 2 amide bonds. The molecular weight excluding hydrogens is 644 g/mol. The minimum absolute atomic E-state index is 0.0224. The van der Waals surface area contributed by atoms with Gasteiger partial charge < -0.3 is 30.3 Å². The zero-order valence-electron chi connectivity index (χ0n) is 30.9. The summed E-state index contributed by atoms with van der Waals surface area (Å²) in [5.41, 5.74) is 2.61. The molecule has 2 aromatic rings. The Morgan fingerprint density at radius 3 is 2.49 bits per heavy atom. The smallest absolute Gasteiger partial charge is 0.237 e. The van der Waals surface area contributed by atoms with E-state index >= 15 is 0 Å². The highest BCUT2D eigenvalue weighted by molar-refractivity contribution is 5.82. The molecule has 2 aliphatic carbocycles. The molecule has 0 aromatic heterocycles. The number of morpholine rings is 1. The van der Waals surface area contributed by atoms with Gasteiger partial charge in [0.15, 0.2) is 0 Å². The van der Waals surface area contributed by atoms with Crippen LogP contribution in [0.2, 0.25) is 0 Å². The molecule has 7 atom stereocenters. The van der Waals surface area contributed by atoms with E-state index in [9.17, 15) is 19.8 Å². The topological polar surface area (TPSA) is 124 Å². The Hall–Kier alpha value is -3.02. The van der Waals surface area contributed by atoms with Crippen molar-refractivity contribution in [2.24, 2.45) is 17.8 Å². The van der Waals surface area contributed by atoms with Gasteiger partial charge in [-0.05, 0) is 87.1 Å². The molecule has 1 saturated carbocycles. The van der Waals surface area contributed by atoms with Crippen LogP contribution < -0.4 is 15.4 Å².